The average molecular weight is 334 g/mol. The zero-order valence-corrected chi connectivity index (χ0v) is 14.9. The van der Waals surface area contributed by atoms with Crippen LogP contribution in [-0.4, -0.2) is 43.9 Å². The molecule has 1 aliphatic carbocycles. The van der Waals surface area contributed by atoms with Crippen LogP contribution in [0.2, 0.25) is 0 Å². The SMILES string of the molecule is CCOCCCNC(=NC)NCc1ccnc(OC2CCCC2)c1. The summed E-state index contributed by atoms with van der Waals surface area (Å²) in [5.41, 5.74) is 1.13. The van der Waals surface area contributed by atoms with E-state index in [4.69, 9.17) is 9.47 Å². The van der Waals surface area contributed by atoms with E-state index >= 15 is 0 Å². The van der Waals surface area contributed by atoms with E-state index in [1.165, 1.54) is 12.8 Å². The molecule has 1 saturated carbocycles. The van der Waals surface area contributed by atoms with E-state index in [1.54, 1.807) is 13.2 Å². The molecule has 0 amide bonds. The first-order valence-electron chi connectivity index (χ1n) is 8.95. The first kappa shape index (κ1) is 18.5. The molecule has 24 heavy (non-hydrogen) atoms. The molecule has 1 heterocycles. The van der Waals surface area contributed by atoms with Gasteiger partial charge in [0, 0.05) is 45.6 Å². The molecule has 0 spiro atoms. The summed E-state index contributed by atoms with van der Waals surface area (Å²) in [6.45, 7) is 5.07. The normalized spacial score (nSPS) is 15.5. The summed E-state index contributed by atoms with van der Waals surface area (Å²) >= 11 is 0. The van der Waals surface area contributed by atoms with Gasteiger partial charge in [0.2, 0.25) is 5.88 Å². The molecule has 1 aromatic rings. The maximum absolute atomic E-state index is 5.95. The lowest BCUT2D eigenvalue weighted by atomic mass is 10.2. The number of ether oxygens (including phenoxy) is 2. The third kappa shape index (κ3) is 6.74. The number of rotatable bonds is 9. The summed E-state index contributed by atoms with van der Waals surface area (Å²) < 4.78 is 11.3. The number of nitrogens with one attached hydrogen (secondary N) is 2. The topological polar surface area (TPSA) is 67.8 Å². The Kier molecular flexibility index (Phi) is 8.38. The van der Waals surface area contributed by atoms with Crippen LogP contribution in [0.5, 0.6) is 5.88 Å². The second-order valence-corrected chi connectivity index (χ2v) is 5.93. The lowest BCUT2D eigenvalue weighted by Gasteiger charge is -2.14. The van der Waals surface area contributed by atoms with Crippen molar-refractivity contribution in [3.8, 4) is 5.88 Å². The quantitative estimate of drug-likeness (QED) is 0.413. The largest absolute Gasteiger partial charge is 0.474 e. The van der Waals surface area contributed by atoms with E-state index in [9.17, 15) is 0 Å². The number of aliphatic imine (C=N–C) groups is 1. The molecule has 2 rings (SSSR count). The average Bonchev–Trinajstić information content (AvgIpc) is 3.11. The lowest BCUT2D eigenvalue weighted by Crippen LogP contribution is -2.37. The predicted octanol–water partition coefficient (Wildman–Crippen LogP) is 2.49. The van der Waals surface area contributed by atoms with Gasteiger partial charge in [-0.3, -0.25) is 4.99 Å². The number of hydrogen-bond donors (Lipinski definition) is 2. The molecular weight excluding hydrogens is 304 g/mol. The van der Waals surface area contributed by atoms with Crippen LogP contribution in [-0.2, 0) is 11.3 Å². The third-order valence-corrected chi connectivity index (χ3v) is 4.03. The Morgan fingerprint density at radius 2 is 2.17 bits per heavy atom. The van der Waals surface area contributed by atoms with E-state index in [1.807, 2.05) is 19.1 Å². The van der Waals surface area contributed by atoms with Crippen molar-refractivity contribution in [2.45, 2.75) is 51.7 Å². The van der Waals surface area contributed by atoms with Crippen LogP contribution in [0.3, 0.4) is 0 Å². The Morgan fingerprint density at radius 3 is 2.92 bits per heavy atom. The van der Waals surface area contributed by atoms with Crippen molar-refractivity contribution >= 4 is 5.96 Å². The summed E-state index contributed by atoms with van der Waals surface area (Å²) in [6.07, 6.45) is 7.91. The van der Waals surface area contributed by atoms with Gasteiger partial charge in [0.05, 0.1) is 0 Å². The van der Waals surface area contributed by atoms with Crippen LogP contribution >= 0.6 is 0 Å². The molecule has 1 aromatic heterocycles. The minimum Gasteiger partial charge on any atom is -0.474 e. The van der Waals surface area contributed by atoms with Crippen LogP contribution < -0.4 is 15.4 Å². The summed E-state index contributed by atoms with van der Waals surface area (Å²) in [6, 6.07) is 4.00. The van der Waals surface area contributed by atoms with Gasteiger partial charge < -0.3 is 20.1 Å². The van der Waals surface area contributed by atoms with Gasteiger partial charge in [-0.05, 0) is 50.7 Å². The number of aromatic nitrogens is 1. The molecule has 134 valence electrons. The molecule has 1 aliphatic rings. The second-order valence-electron chi connectivity index (χ2n) is 5.93. The molecule has 1 fully saturated rings. The van der Waals surface area contributed by atoms with Crippen LogP contribution in [0.1, 0.15) is 44.6 Å². The monoisotopic (exact) mass is 334 g/mol. The minimum absolute atomic E-state index is 0.334. The van der Waals surface area contributed by atoms with E-state index in [2.05, 4.69) is 20.6 Å². The Hall–Kier alpha value is -1.82. The maximum Gasteiger partial charge on any atom is 0.213 e. The zero-order valence-electron chi connectivity index (χ0n) is 14.9. The number of hydrogen-bond acceptors (Lipinski definition) is 4. The van der Waals surface area contributed by atoms with Gasteiger partial charge in [-0.2, -0.15) is 0 Å². The molecule has 6 heteroatoms. The molecule has 0 aliphatic heterocycles. The molecule has 2 N–H and O–H groups in total. The lowest BCUT2D eigenvalue weighted by molar-refractivity contribution is 0.145. The number of nitrogens with zero attached hydrogens (tertiary/aromatic N) is 2. The van der Waals surface area contributed by atoms with Gasteiger partial charge in [-0.25, -0.2) is 4.98 Å². The van der Waals surface area contributed by atoms with Crippen LogP contribution in [0.25, 0.3) is 0 Å². The first-order valence-corrected chi connectivity index (χ1v) is 8.95. The highest BCUT2D eigenvalue weighted by atomic mass is 16.5. The Labute approximate surface area is 145 Å². The third-order valence-electron chi connectivity index (χ3n) is 4.03. The summed E-state index contributed by atoms with van der Waals surface area (Å²) in [4.78, 5) is 8.55. The van der Waals surface area contributed by atoms with Gasteiger partial charge in [-0.1, -0.05) is 0 Å². The van der Waals surface area contributed by atoms with E-state index in [-0.39, 0.29) is 0 Å². The van der Waals surface area contributed by atoms with E-state index in [0.717, 1.165) is 56.4 Å². The molecule has 0 saturated heterocycles. The van der Waals surface area contributed by atoms with Crippen molar-refractivity contribution in [3.05, 3.63) is 23.9 Å². The molecule has 6 nitrogen and oxygen atoms in total. The highest BCUT2D eigenvalue weighted by Gasteiger charge is 2.16. The molecule has 0 bridgehead atoms. The van der Waals surface area contributed by atoms with Gasteiger partial charge >= 0.3 is 0 Å². The van der Waals surface area contributed by atoms with Crippen molar-refractivity contribution in [1.29, 1.82) is 0 Å². The molecule has 0 aromatic carbocycles. The highest BCUT2D eigenvalue weighted by molar-refractivity contribution is 5.79. The molecule has 0 atom stereocenters. The smallest absolute Gasteiger partial charge is 0.213 e. The van der Waals surface area contributed by atoms with E-state index < -0.39 is 0 Å². The fourth-order valence-corrected chi connectivity index (χ4v) is 2.73. The van der Waals surface area contributed by atoms with Crippen molar-refractivity contribution in [2.24, 2.45) is 4.99 Å². The minimum atomic E-state index is 0.334. The highest BCUT2D eigenvalue weighted by Crippen LogP contribution is 2.23. The van der Waals surface area contributed by atoms with Gasteiger partial charge in [0.25, 0.3) is 0 Å². The standard InChI is InChI=1S/C18H30N4O2/c1-3-23-12-6-10-21-18(19-2)22-14-15-9-11-20-17(13-15)24-16-7-4-5-8-16/h9,11,13,16H,3-8,10,12,14H2,1-2H3,(H2,19,21,22). The summed E-state index contributed by atoms with van der Waals surface area (Å²) in [5, 5.41) is 6.60. The van der Waals surface area contributed by atoms with Crippen molar-refractivity contribution in [2.75, 3.05) is 26.8 Å². The molecular formula is C18H30N4O2. The maximum atomic E-state index is 5.95. The van der Waals surface area contributed by atoms with Crippen molar-refractivity contribution in [3.63, 3.8) is 0 Å². The predicted molar refractivity (Wildman–Crippen MR) is 96.4 cm³/mol. The van der Waals surface area contributed by atoms with E-state index in [0.29, 0.717) is 12.6 Å². The van der Waals surface area contributed by atoms with Crippen LogP contribution in [0.15, 0.2) is 23.3 Å². The van der Waals surface area contributed by atoms with Crippen molar-refractivity contribution in [1.82, 2.24) is 15.6 Å². The van der Waals surface area contributed by atoms with Gasteiger partial charge in [0.1, 0.15) is 6.10 Å². The van der Waals surface area contributed by atoms with Crippen LogP contribution in [0.4, 0.5) is 0 Å². The molecule has 0 unspecified atom stereocenters. The fraction of sp³-hybridized carbons (Fsp3) is 0.667. The Bertz CT molecular complexity index is 502. The Morgan fingerprint density at radius 1 is 1.33 bits per heavy atom. The molecule has 0 radical (unpaired) electrons. The summed E-state index contributed by atoms with van der Waals surface area (Å²) in [7, 11) is 1.78. The van der Waals surface area contributed by atoms with Gasteiger partial charge in [-0.15, -0.1) is 0 Å². The second kappa shape index (κ2) is 10.9. The Balaban J connectivity index is 1.73. The number of guanidine groups is 1. The fourth-order valence-electron chi connectivity index (χ4n) is 2.73. The summed E-state index contributed by atoms with van der Waals surface area (Å²) in [5.74, 6) is 1.52. The zero-order chi connectivity index (χ0) is 17.0. The van der Waals surface area contributed by atoms with Crippen molar-refractivity contribution < 1.29 is 9.47 Å². The first-order chi connectivity index (χ1) is 11.8. The van der Waals surface area contributed by atoms with Gasteiger partial charge in [0.15, 0.2) is 5.96 Å². The number of pyridine rings is 1. The van der Waals surface area contributed by atoms with Crippen LogP contribution in [0, 0.1) is 0 Å².